The van der Waals surface area contributed by atoms with Gasteiger partial charge in [0.2, 0.25) is 0 Å². The van der Waals surface area contributed by atoms with E-state index in [1.807, 2.05) is 0 Å². The van der Waals surface area contributed by atoms with Crippen LogP contribution in [0.4, 0.5) is 0 Å². The van der Waals surface area contributed by atoms with E-state index in [0.29, 0.717) is 11.7 Å². The third kappa shape index (κ3) is 4.62. The quantitative estimate of drug-likeness (QED) is 0.666. The second-order valence-corrected chi connectivity index (χ2v) is 5.20. The average molecular weight is 227 g/mol. The highest BCUT2D eigenvalue weighted by Gasteiger charge is 2.26. The van der Waals surface area contributed by atoms with Crippen molar-refractivity contribution in [2.24, 2.45) is 11.8 Å². The van der Waals surface area contributed by atoms with Crippen LogP contribution in [0.15, 0.2) is 0 Å². The second-order valence-electron chi connectivity index (χ2n) is 5.20. The van der Waals surface area contributed by atoms with E-state index in [1.54, 1.807) is 7.11 Å². The summed E-state index contributed by atoms with van der Waals surface area (Å²) >= 11 is 0. The highest BCUT2D eigenvalue weighted by atomic mass is 16.5. The van der Waals surface area contributed by atoms with Crippen LogP contribution in [0.3, 0.4) is 0 Å². The summed E-state index contributed by atoms with van der Waals surface area (Å²) in [5.41, 5.74) is 0. The van der Waals surface area contributed by atoms with Crippen molar-refractivity contribution in [3.63, 3.8) is 0 Å². The smallest absolute Gasteiger partial charge is 0.137 e. The summed E-state index contributed by atoms with van der Waals surface area (Å²) in [4.78, 5) is 14.0. The minimum atomic E-state index is 0.288. The van der Waals surface area contributed by atoms with E-state index in [-0.39, 0.29) is 5.92 Å². The third-order valence-corrected chi connectivity index (χ3v) is 3.14. The third-order valence-electron chi connectivity index (χ3n) is 3.14. The highest BCUT2D eigenvalue weighted by Crippen LogP contribution is 2.22. The molecular weight excluding hydrogens is 202 g/mol. The number of nitrogens with zero attached hydrogens (tertiary/aromatic N) is 1. The van der Waals surface area contributed by atoms with Crippen molar-refractivity contribution in [1.82, 2.24) is 4.90 Å². The first-order chi connectivity index (χ1) is 7.63. The van der Waals surface area contributed by atoms with Crippen molar-refractivity contribution in [2.45, 2.75) is 33.1 Å². The molecule has 1 fully saturated rings. The maximum absolute atomic E-state index is 11.6. The molecule has 0 bridgehead atoms. The summed E-state index contributed by atoms with van der Waals surface area (Å²) in [5.74, 6) is 1.40. The zero-order chi connectivity index (χ0) is 12.0. The number of hydrogen-bond donors (Lipinski definition) is 0. The van der Waals surface area contributed by atoms with Gasteiger partial charge in [-0.3, -0.25) is 4.79 Å². The molecule has 1 saturated carbocycles. The van der Waals surface area contributed by atoms with E-state index in [9.17, 15) is 4.79 Å². The molecule has 0 saturated heterocycles. The predicted octanol–water partition coefficient (Wildman–Crippen LogP) is 1.96. The van der Waals surface area contributed by atoms with E-state index in [1.165, 1.54) is 0 Å². The predicted molar refractivity (Wildman–Crippen MR) is 65.5 cm³/mol. The van der Waals surface area contributed by atoms with E-state index in [0.717, 1.165) is 45.5 Å². The van der Waals surface area contributed by atoms with Crippen molar-refractivity contribution >= 4 is 5.78 Å². The van der Waals surface area contributed by atoms with E-state index < -0.39 is 0 Å². The van der Waals surface area contributed by atoms with E-state index in [4.69, 9.17) is 4.74 Å². The fourth-order valence-corrected chi connectivity index (χ4v) is 2.39. The molecular formula is C13H25NO2. The van der Waals surface area contributed by atoms with Crippen molar-refractivity contribution in [3.05, 3.63) is 0 Å². The normalized spacial score (nSPS) is 21.3. The highest BCUT2D eigenvalue weighted by molar-refractivity contribution is 5.83. The van der Waals surface area contributed by atoms with Crippen molar-refractivity contribution in [2.75, 3.05) is 33.4 Å². The summed E-state index contributed by atoms with van der Waals surface area (Å²) in [6.07, 6.45) is 2.97. The van der Waals surface area contributed by atoms with Crippen LogP contribution >= 0.6 is 0 Å². The van der Waals surface area contributed by atoms with Crippen molar-refractivity contribution in [3.8, 4) is 0 Å². The first-order valence-electron chi connectivity index (χ1n) is 6.37. The molecule has 1 atom stereocenters. The fourth-order valence-electron chi connectivity index (χ4n) is 2.39. The Morgan fingerprint density at radius 1 is 1.50 bits per heavy atom. The molecule has 3 nitrogen and oxygen atoms in total. The van der Waals surface area contributed by atoms with Crippen LogP contribution in [0.1, 0.15) is 33.1 Å². The van der Waals surface area contributed by atoms with Crippen LogP contribution < -0.4 is 0 Å². The van der Waals surface area contributed by atoms with Crippen molar-refractivity contribution < 1.29 is 9.53 Å². The van der Waals surface area contributed by atoms with Gasteiger partial charge in [-0.2, -0.15) is 0 Å². The Bertz CT molecular complexity index is 216. The molecule has 0 aliphatic heterocycles. The lowest BCUT2D eigenvalue weighted by Crippen LogP contribution is -2.36. The first kappa shape index (κ1) is 13.7. The van der Waals surface area contributed by atoms with Crippen LogP contribution in [0.5, 0.6) is 0 Å². The Hall–Kier alpha value is -0.410. The van der Waals surface area contributed by atoms with Gasteiger partial charge in [0.05, 0.1) is 6.61 Å². The molecule has 3 heteroatoms. The Morgan fingerprint density at radius 3 is 2.75 bits per heavy atom. The number of hydrogen-bond acceptors (Lipinski definition) is 3. The molecule has 16 heavy (non-hydrogen) atoms. The summed E-state index contributed by atoms with van der Waals surface area (Å²) < 4.78 is 5.12. The molecule has 0 aromatic heterocycles. The van der Waals surface area contributed by atoms with Gasteiger partial charge in [0.25, 0.3) is 0 Å². The van der Waals surface area contributed by atoms with Gasteiger partial charge < -0.3 is 9.64 Å². The maximum Gasteiger partial charge on any atom is 0.137 e. The number of rotatable bonds is 7. The van der Waals surface area contributed by atoms with Crippen LogP contribution in [-0.2, 0) is 9.53 Å². The number of carbonyl (C=O) groups excluding carboxylic acids is 1. The van der Waals surface area contributed by atoms with Crippen LogP contribution in [0.25, 0.3) is 0 Å². The average Bonchev–Trinajstić information content (AvgIpc) is 2.60. The number of Topliss-reactive ketones (excluding diaryl/α,β-unsaturated/α-hetero) is 1. The second kappa shape index (κ2) is 7.02. The van der Waals surface area contributed by atoms with Crippen LogP contribution in [0.2, 0.25) is 0 Å². The van der Waals surface area contributed by atoms with Gasteiger partial charge in [-0.25, -0.2) is 0 Å². The van der Waals surface area contributed by atoms with Crippen LogP contribution in [-0.4, -0.2) is 44.0 Å². The number of methoxy groups -OCH3 is 1. The minimum absolute atomic E-state index is 0.288. The maximum atomic E-state index is 11.6. The molecule has 0 heterocycles. The fraction of sp³-hybridized carbons (Fsp3) is 0.923. The van der Waals surface area contributed by atoms with Gasteiger partial charge in [0.1, 0.15) is 5.78 Å². The number of ether oxygens (including phenoxy) is 1. The zero-order valence-electron chi connectivity index (χ0n) is 10.9. The number of carbonyl (C=O) groups is 1. The van der Waals surface area contributed by atoms with Gasteiger partial charge >= 0.3 is 0 Å². The SMILES string of the molecule is COCCN(CC(C)C)CC1CCCC1=O. The Labute approximate surface area is 99.1 Å². The Morgan fingerprint density at radius 2 is 2.25 bits per heavy atom. The lowest BCUT2D eigenvalue weighted by molar-refractivity contribution is -0.121. The monoisotopic (exact) mass is 227 g/mol. The molecule has 0 amide bonds. The summed E-state index contributed by atoms with van der Waals surface area (Å²) in [7, 11) is 1.73. The molecule has 0 spiro atoms. The molecule has 0 radical (unpaired) electrons. The lowest BCUT2D eigenvalue weighted by atomic mass is 10.1. The summed E-state index contributed by atoms with van der Waals surface area (Å²) in [6.45, 7) is 8.13. The van der Waals surface area contributed by atoms with E-state index >= 15 is 0 Å². The molecule has 1 aliphatic carbocycles. The topological polar surface area (TPSA) is 29.5 Å². The van der Waals surface area contributed by atoms with E-state index in [2.05, 4.69) is 18.7 Å². The minimum Gasteiger partial charge on any atom is -0.383 e. The van der Waals surface area contributed by atoms with Crippen molar-refractivity contribution in [1.29, 1.82) is 0 Å². The zero-order valence-corrected chi connectivity index (χ0v) is 10.9. The Kier molecular flexibility index (Phi) is 5.99. The molecule has 1 unspecified atom stereocenters. The lowest BCUT2D eigenvalue weighted by Gasteiger charge is -2.26. The largest absolute Gasteiger partial charge is 0.383 e. The standard InChI is InChI=1S/C13H25NO2/c1-11(2)9-14(7-8-16-3)10-12-5-4-6-13(12)15/h11-12H,4-10H2,1-3H3. The van der Waals surface area contributed by atoms with Crippen LogP contribution in [0, 0.1) is 11.8 Å². The Balaban J connectivity index is 2.38. The first-order valence-corrected chi connectivity index (χ1v) is 6.37. The molecule has 0 aromatic rings. The summed E-state index contributed by atoms with van der Waals surface area (Å²) in [5, 5.41) is 0. The molecule has 1 rings (SSSR count). The van der Waals surface area contributed by atoms with Gasteiger partial charge in [0.15, 0.2) is 0 Å². The van der Waals surface area contributed by atoms with Gasteiger partial charge in [0, 0.05) is 39.1 Å². The molecule has 1 aliphatic rings. The number of ketones is 1. The van der Waals surface area contributed by atoms with Gasteiger partial charge in [-0.15, -0.1) is 0 Å². The molecule has 0 aromatic carbocycles. The van der Waals surface area contributed by atoms with Gasteiger partial charge in [-0.05, 0) is 18.8 Å². The molecule has 0 N–H and O–H groups in total. The summed E-state index contributed by atoms with van der Waals surface area (Å²) in [6, 6.07) is 0. The molecule has 94 valence electrons. The van der Waals surface area contributed by atoms with Gasteiger partial charge in [-0.1, -0.05) is 13.8 Å².